The Morgan fingerprint density at radius 1 is 0.862 bits per heavy atom. The van der Waals surface area contributed by atoms with Crippen LogP contribution in [0, 0.1) is 0 Å². The number of benzene rings is 3. The molecule has 1 aliphatic rings. The Kier molecular flexibility index (Phi) is 5.97. The van der Waals surface area contributed by atoms with Crippen molar-refractivity contribution in [3.05, 3.63) is 88.4 Å². The lowest BCUT2D eigenvalue weighted by molar-refractivity contribution is 0.0697. The third-order valence-corrected chi connectivity index (χ3v) is 5.95. The standard InChI is InChI=1S/C24H23BrN2O2/c25-21-9-5-18(6-10-21)23-4-2-1-3-20(23)17-26-13-15-27(16-14-26)22-11-7-19(8-12-22)24(28)29/h1-12H,13-17H2,(H,28,29). The van der Waals surface area contributed by atoms with Crippen molar-refractivity contribution in [2.24, 2.45) is 0 Å². The number of piperazine rings is 1. The van der Waals surface area contributed by atoms with Gasteiger partial charge in [-0.25, -0.2) is 4.79 Å². The molecule has 0 atom stereocenters. The molecule has 0 unspecified atom stereocenters. The van der Waals surface area contributed by atoms with Crippen molar-refractivity contribution >= 4 is 27.6 Å². The Hall–Kier alpha value is -2.63. The minimum atomic E-state index is -0.884. The number of nitrogens with zero attached hydrogens (tertiary/aromatic N) is 2. The normalized spacial score (nSPS) is 14.7. The SMILES string of the molecule is O=C(O)c1ccc(N2CCN(Cc3ccccc3-c3ccc(Br)cc3)CC2)cc1. The van der Waals surface area contributed by atoms with E-state index in [9.17, 15) is 4.79 Å². The third-order valence-electron chi connectivity index (χ3n) is 5.42. The molecule has 148 valence electrons. The third kappa shape index (κ3) is 4.69. The van der Waals surface area contributed by atoms with E-state index in [4.69, 9.17) is 5.11 Å². The molecular weight excluding hydrogens is 428 g/mol. The van der Waals surface area contributed by atoms with Gasteiger partial charge < -0.3 is 10.0 Å². The predicted molar refractivity (Wildman–Crippen MR) is 120 cm³/mol. The monoisotopic (exact) mass is 450 g/mol. The Morgan fingerprint density at radius 2 is 1.52 bits per heavy atom. The van der Waals surface area contributed by atoms with Crippen LogP contribution in [0.25, 0.3) is 11.1 Å². The summed E-state index contributed by atoms with van der Waals surface area (Å²) in [6, 6.07) is 24.3. The zero-order valence-electron chi connectivity index (χ0n) is 16.1. The Bertz CT molecular complexity index is 979. The van der Waals surface area contributed by atoms with Crippen LogP contribution in [0.1, 0.15) is 15.9 Å². The average molecular weight is 451 g/mol. The number of carboxylic acids is 1. The zero-order chi connectivity index (χ0) is 20.2. The topological polar surface area (TPSA) is 43.8 Å². The minimum Gasteiger partial charge on any atom is -0.478 e. The van der Waals surface area contributed by atoms with Gasteiger partial charge in [0.1, 0.15) is 0 Å². The predicted octanol–water partition coefficient (Wildman–Crippen LogP) is 5.14. The van der Waals surface area contributed by atoms with E-state index in [2.05, 4.69) is 74.3 Å². The highest BCUT2D eigenvalue weighted by atomic mass is 79.9. The summed E-state index contributed by atoms with van der Waals surface area (Å²) in [6.07, 6.45) is 0. The molecule has 3 aromatic carbocycles. The molecule has 1 N–H and O–H groups in total. The number of halogens is 1. The van der Waals surface area contributed by atoms with E-state index < -0.39 is 5.97 Å². The van der Waals surface area contributed by atoms with Crippen LogP contribution < -0.4 is 4.90 Å². The summed E-state index contributed by atoms with van der Waals surface area (Å²) in [6.45, 7) is 4.77. The van der Waals surface area contributed by atoms with Crippen LogP contribution in [-0.2, 0) is 6.54 Å². The van der Waals surface area contributed by atoms with E-state index in [1.165, 1.54) is 16.7 Å². The Labute approximate surface area is 179 Å². The lowest BCUT2D eigenvalue weighted by Gasteiger charge is -2.36. The van der Waals surface area contributed by atoms with Crippen molar-refractivity contribution in [1.82, 2.24) is 4.90 Å². The smallest absolute Gasteiger partial charge is 0.335 e. The van der Waals surface area contributed by atoms with E-state index in [1.807, 2.05) is 12.1 Å². The van der Waals surface area contributed by atoms with Gasteiger partial charge in [0.05, 0.1) is 5.56 Å². The molecule has 1 aliphatic heterocycles. The summed E-state index contributed by atoms with van der Waals surface area (Å²) < 4.78 is 1.09. The quantitative estimate of drug-likeness (QED) is 0.584. The van der Waals surface area contributed by atoms with Gasteiger partial charge >= 0.3 is 5.97 Å². The first-order valence-corrected chi connectivity index (χ1v) is 10.5. The summed E-state index contributed by atoms with van der Waals surface area (Å²) in [5.74, 6) is -0.884. The van der Waals surface area contributed by atoms with Crippen molar-refractivity contribution in [2.45, 2.75) is 6.54 Å². The molecule has 0 amide bonds. The van der Waals surface area contributed by atoms with Gasteiger partial charge in [0.15, 0.2) is 0 Å². The van der Waals surface area contributed by atoms with Gasteiger partial charge in [-0.05, 0) is 53.1 Å². The molecule has 0 spiro atoms. The number of rotatable bonds is 5. The van der Waals surface area contributed by atoms with Crippen molar-refractivity contribution in [1.29, 1.82) is 0 Å². The molecule has 0 aromatic heterocycles. The summed E-state index contributed by atoms with van der Waals surface area (Å²) >= 11 is 3.51. The van der Waals surface area contributed by atoms with E-state index in [-0.39, 0.29) is 0 Å². The fourth-order valence-corrected chi connectivity index (χ4v) is 4.05. The number of aromatic carboxylic acids is 1. The highest BCUT2D eigenvalue weighted by molar-refractivity contribution is 9.10. The number of hydrogen-bond donors (Lipinski definition) is 1. The van der Waals surface area contributed by atoms with Crippen molar-refractivity contribution in [3.8, 4) is 11.1 Å². The fourth-order valence-electron chi connectivity index (χ4n) is 3.79. The second kappa shape index (κ2) is 8.80. The van der Waals surface area contributed by atoms with Gasteiger partial charge in [-0.1, -0.05) is 52.3 Å². The van der Waals surface area contributed by atoms with Crippen molar-refractivity contribution < 1.29 is 9.90 Å². The largest absolute Gasteiger partial charge is 0.478 e. The van der Waals surface area contributed by atoms with Gasteiger partial charge in [-0.3, -0.25) is 4.90 Å². The van der Waals surface area contributed by atoms with Crippen LogP contribution in [0.2, 0.25) is 0 Å². The van der Waals surface area contributed by atoms with E-state index in [1.54, 1.807) is 12.1 Å². The first-order valence-electron chi connectivity index (χ1n) is 9.75. The Morgan fingerprint density at radius 3 is 2.17 bits per heavy atom. The number of anilines is 1. The van der Waals surface area contributed by atoms with E-state index >= 15 is 0 Å². The second-order valence-corrected chi connectivity index (χ2v) is 8.19. The number of hydrogen-bond acceptors (Lipinski definition) is 3. The molecule has 0 aliphatic carbocycles. The summed E-state index contributed by atoms with van der Waals surface area (Å²) in [5, 5.41) is 9.06. The molecule has 1 fully saturated rings. The first-order chi connectivity index (χ1) is 14.1. The van der Waals surface area contributed by atoms with Crippen molar-refractivity contribution in [2.75, 3.05) is 31.1 Å². The summed E-state index contributed by atoms with van der Waals surface area (Å²) in [4.78, 5) is 15.8. The van der Waals surface area contributed by atoms with Crippen LogP contribution in [0.3, 0.4) is 0 Å². The summed E-state index contributed by atoms with van der Waals surface area (Å²) in [7, 11) is 0. The summed E-state index contributed by atoms with van der Waals surface area (Å²) in [5.41, 5.74) is 5.28. The van der Waals surface area contributed by atoms with Gasteiger partial charge in [-0.2, -0.15) is 0 Å². The minimum absolute atomic E-state index is 0.330. The molecule has 1 heterocycles. The maximum Gasteiger partial charge on any atom is 0.335 e. The van der Waals surface area contributed by atoms with Crippen LogP contribution in [-0.4, -0.2) is 42.2 Å². The molecule has 5 heteroatoms. The lowest BCUT2D eigenvalue weighted by Crippen LogP contribution is -2.46. The van der Waals surface area contributed by atoms with Gasteiger partial charge in [0, 0.05) is 42.9 Å². The van der Waals surface area contributed by atoms with Gasteiger partial charge in [0.25, 0.3) is 0 Å². The molecule has 29 heavy (non-hydrogen) atoms. The average Bonchev–Trinajstić information content (AvgIpc) is 2.75. The first kappa shape index (κ1) is 19.7. The van der Waals surface area contributed by atoms with Crippen molar-refractivity contribution in [3.63, 3.8) is 0 Å². The lowest BCUT2D eigenvalue weighted by atomic mass is 9.99. The molecular formula is C24H23BrN2O2. The molecule has 0 radical (unpaired) electrons. The maximum absolute atomic E-state index is 11.0. The molecule has 4 rings (SSSR count). The maximum atomic E-state index is 11.0. The van der Waals surface area contributed by atoms with Crippen LogP contribution in [0.5, 0.6) is 0 Å². The number of carbonyl (C=O) groups is 1. The van der Waals surface area contributed by atoms with E-state index in [0.717, 1.165) is 42.9 Å². The molecule has 3 aromatic rings. The Balaban J connectivity index is 1.41. The van der Waals surface area contributed by atoms with Gasteiger partial charge in [-0.15, -0.1) is 0 Å². The zero-order valence-corrected chi connectivity index (χ0v) is 17.7. The molecule has 0 saturated carbocycles. The van der Waals surface area contributed by atoms with Crippen LogP contribution in [0.15, 0.2) is 77.3 Å². The number of carboxylic acid groups (broad SMARTS) is 1. The van der Waals surface area contributed by atoms with Crippen LogP contribution in [0.4, 0.5) is 5.69 Å². The fraction of sp³-hybridized carbons (Fsp3) is 0.208. The van der Waals surface area contributed by atoms with Gasteiger partial charge in [0.2, 0.25) is 0 Å². The molecule has 1 saturated heterocycles. The molecule has 4 nitrogen and oxygen atoms in total. The second-order valence-electron chi connectivity index (χ2n) is 7.28. The van der Waals surface area contributed by atoms with Crippen LogP contribution >= 0.6 is 15.9 Å². The highest BCUT2D eigenvalue weighted by Gasteiger charge is 2.18. The molecule has 0 bridgehead atoms. The van der Waals surface area contributed by atoms with E-state index in [0.29, 0.717) is 5.56 Å². The highest BCUT2D eigenvalue weighted by Crippen LogP contribution is 2.27.